The average molecular weight is 420 g/mol. The molecule has 2 aromatic rings. The summed E-state index contributed by atoms with van der Waals surface area (Å²) in [4.78, 5) is 2.38. The second kappa shape index (κ2) is 7.35. The van der Waals surface area contributed by atoms with Gasteiger partial charge in [-0.25, -0.2) is 4.98 Å². The number of hydrogen-bond donors (Lipinski definition) is 2. The first-order chi connectivity index (χ1) is 12.8. The highest BCUT2D eigenvalue weighted by Crippen LogP contribution is 3.02. The second-order valence-corrected chi connectivity index (χ2v) is 9.08. The number of benzene rings is 1. The summed E-state index contributed by atoms with van der Waals surface area (Å²) < 4.78 is 63.6. The molecular weight excluding hydrogens is 399 g/mol. The molecule has 2 N–H and O–H groups in total. The number of halogens is 5. The van der Waals surface area contributed by atoms with Gasteiger partial charge in [0.2, 0.25) is 0 Å². The summed E-state index contributed by atoms with van der Waals surface area (Å²) in [5, 5.41) is 12.5. The van der Waals surface area contributed by atoms with E-state index in [-0.39, 0.29) is 24.1 Å². The molecule has 0 bridgehead atoms. The van der Waals surface area contributed by atoms with Crippen LogP contribution < -0.4 is 5.32 Å². The third kappa shape index (κ3) is 6.48. The van der Waals surface area contributed by atoms with Crippen molar-refractivity contribution in [3.05, 3.63) is 59.4 Å². The van der Waals surface area contributed by atoms with Gasteiger partial charge in [-0.2, -0.15) is 0 Å². The van der Waals surface area contributed by atoms with Gasteiger partial charge in [0.15, 0.2) is 0 Å². The molecule has 1 atom stereocenters. The lowest BCUT2D eigenvalue weighted by Crippen LogP contribution is -2.36. The molecule has 1 aromatic carbocycles. The molecule has 0 aliphatic heterocycles. The Labute approximate surface area is 160 Å². The first-order valence-electron chi connectivity index (χ1n) is 8.45. The maximum absolute atomic E-state index is 12.7. The van der Waals surface area contributed by atoms with Crippen molar-refractivity contribution in [1.82, 2.24) is 10.3 Å². The van der Waals surface area contributed by atoms with Crippen LogP contribution in [0.3, 0.4) is 0 Å². The lowest BCUT2D eigenvalue weighted by Gasteiger charge is -2.40. The van der Waals surface area contributed by atoms with Crippen molar-refractivity contribution < 1.29 is 24.5 Å². The Morgan fingerprint density at radius 3 is 2.18 bits per heavy atom. The molecule has 0 radical (unpaired) electrons. The zero-order chi connectivity index (χ0) is 21.1. The predicted molar refractivity (Wildman–Crippen MR) is 101 cm³/mol. The van der Waals surface area contributed by atoms with Crippen LogP contribution in [0.2, 0.25) is 0 Å². The van der Waals surface area contributed by atoms with Crippen molar-refractivity contribution in [2.24, 2.45) is 5.92 Å². The molecule has 0 amide bonds. The van der Waals surface area contributed by atoms with Crippen LogP contribution in [0.25, 0.3) is 0 Å². The first-order valence-corrected chi connectivity index (χ1v) is 10.4. The van der Waals surface area contributed by atoms with Crippen LogP contribution in [0.5, 0.6) is 0 Å². The normalized spacial score (nSPS) is 15.3. The Morgan fingerprint density at radius 1 is 1.00 bits per heavy atom. The highest BCUT2D eigenvalue weighted by atomic mass is 32.5. The number of aliphatic hydroxyl groups excluding tert-OH is 1. The number of aliphatic hydroxyl groups is 1. The topological polar surface area (TPSA) is 45.1 Å². The van der Waals surface area contributed by atoms with Gasteiger partial charge < -0.3 is 10.4 Å². The summed E-state index contributed by atoms with van der Waals surface area (Å²) >= 11 is 0. The molecule has 0 spiro atoms. The van der Waals surface area contributed by atoms with Gasteiger partial charge in [0.25, 0.3) is 0 Å². The van der Waals surface area contributed by atoms with E-state index in [1.54, 1.807) is 18.2 Å². The van der Waals surface area contributed by atoms with E-state index >= 15 is 0 Å². The lowest BCUT2D eigenvalue weighted by atomic mass is 10.1. The van der Waals surface area contributed by atoms with Crippen LogP contribution in [0.15, 0.2) is 47.4 Å². The van der Waals surface area contributed by atoms with Crippen molar-refractivity contribution in [1.29, 1.82) is 0 Å². The van der Waals surface area contributed by atoms with Crippen LogP contribution >= 0.6 is 10.2 Å². The third-order valence-corrected chi connectivity index (χ3v) is 5.15. The zero-order valence-electron chi connectivity index (χ0n) is 15.3. The molecule has 1 heterocycles. The highest BCUT2D eigenvalue weighted by Gasteiger charge is 2.65. The number of pyridine rings is 1. The molecule has 9 heteroatoms. The fourth-order valence-electron chi connectivity index (χ4n) is 2.33. The van der Waals surface area contributed by atoms with Crippen molar-refractivity contribution in [2.45, 2.75) is 31.3 Å². The first kappa shape index (κ1) is 22.1. The van der Waals surface area contributed by atoms with E-state index in [2.05, 4.69) is 22.1 Å². The fourth-order valence-corrected chi connectivity index (χ4v) is 2.98. The number of rotatable bonds is 6. The quantitative estimate of drug-likeness (QED) is 0.496. The van der Waals surface area contributed by atoms with E-state index in [1.807, 2.05) is 13.8 Å². The van der Waals surface area contributed by atoms with Crippen LogP contribution in [-0.2, 0) is 6.54 Å². The molecule has 3 nitrogen and oxygen atoms in total. The highest BCUT2D eigenvalue weighted by molar-refractivity contribution is 8.45. The minimum atomic E-state index is -9.67. The Kier molecular flexibility index (Phi) is 5.81. The number of nitrogens with zero attached hydrogens (tertiary/aromatic N) is 1. The number of aromatic nitrogens is 1. The molecule has 2 rings (SSSR count). The van der Waals surface area contributed by atoms with Gasteiger partial charge in [-0.1, -0.05) is 45.3 Å². The maximum atomic E-state index is 12.7. The van der Waals surface area contributed by atoms with Crippen molar-refractivity contribution in [3.63, 3.8) is 0 Å². The molecule has 0 saturated carbocycles. The van der Waals surface area contributed by atoms with Crippen LogP contribution in [0, 0.1) is 17.8 Å². The minimum absolute atomic E-state index is 0.00781. The van der Waals surface area contributed by atoms with E-state index in [9.17, 15) is 24.5 Å². The van der Waals surface area contributed by atoms with Crippen molar-refractivity contribution in [2.75, 3.05) is 6.61 Å². The van der Waals surface area contributed by atoms with E-state index in [0.717, 1.165) is 12.1 Å². The van der Waals surface area contributed by atoms with Crippen molar-refractivity contribution >= 4 is 10.2 Å². The monoisotopic (exact) mass is 420 g/mol. The Balaban J connectivity index is 2.13. The smallest absolute Gasteiger partial charge is 0.310 e. The van der Waals surface area contributed by atoms with Gasteiger partial charge in [-0.15, -0.1) is 0 Å². The SMILES string of the molecule is CC(C)[C@H](CO)NCc1cccc(C#Cc2ccc(S(F)(F)(F)(F)F)cc2)n1. The maximum Gasteiger partial charge on any atom is 0.310 e. The summed E-state index contributed by atoms with van der Waals surface area (Å²) in [7, 11) is -9.67. The molecule has 28 heavy (non-hydrogen) atoms. The van der Waals surface area contributed by atoms with Crippen LogP contribution in [0.4, 0.5) is 19.4 Å². The molecule has 0 fully saturated rings. The number of nitrogens with one attached hydrogen (secondary N) is 1. The molecule has 0 unspecified atom stereocenters. The Hall–Kier alpha value is -2.15. The van der Waals surface area contributed by atoms with Crippen LogP contribution in [0.1, 0.15) is 30.8 Å². The standard InChI is InChI=1S/C19H21F5N2OS/c1-14(2)19(13-27)25-12-17-5-3-4-16(26-17)9-6-15-7-10-18(11-8-15)28(20,21,22,23)24/h3-5,7-8,10-11,14,19,25,27H,12-13H2,1-2H3/t19-/m0/s1. The molecule has 0 aliphatic rings. The number of hydrogen-bond acceptors (Lipinski definition) is 3. The van der Waals surface area contributed by atoms with E-state index in [1.165, 1.54) is 0 Å². The molecule has 1 aromatic heterocycles. The zero-order valence-corrected chi connectivity index (χ0v) is 16.1. The van der Waals surface area contributed by atoms with Gasteiger partial charge in [0, 0.05) is 18.2 Å². The molecule has 154 valence electrons. The molecule has 0 saturated heterocycles. The summed E-state index contributed by atoms with van der Waals surface area (Å²) in [5.41, 5.74) is 1.24. The van der Waals surface area contributed by atoms with E-state index < -0.39 is 15.1 Å². The summed E-state index contributed by atoms with van der Waals surface area (Å²) in [6, 6.07) is 7.53. The van der Waals surface area contributed by atoms with E-state index in [0.29, 0.717) is 30.1 Å². The molecule has 0 aliphatic carbocycles. The lowest BCUT2D eigenvalue weighted by molar-refractivity contribution is 0.209. The van der Waals surface area contributed by atoms with Gasteiger partial charge in [-0.3, -0.25) is 0 Å². The van der Waals surface area contributed by atoms with Gasteiger partial charge in [0.1, 0.15) is 10.6 Å². The minimum Gasteiger partial charge on any atom is -0.395 e. The second-order valence-electron chi connectivity index (χ2n) is 6.67. The molecular formula is C19H21F5N2OS. The Morgan fingerprint density at radius 2 is 1.64 bits per heavy atom. The summed E-state index contributed by atoms with van der Waals surface area (Å²) in [6.45, 7) is 4.36. The van der Waals surface area contributed by atoms with Crippen LogP contribution in [-0.4, -0.2) is 22.7 Å². The van der Waals surface area contributed by atoms with E-state index in [4.69, 9.17) is 0 Å². The van der Waals surface area contributed by atoms with Gasteiger partial charge in [-0.05, 0) is 48.2 Å². The van der Waals surface area contributed by atoms with Gasteiger partial charge in [0.05, 0.1) is 12.3 Å². The largest absolute Gasteiger partial charge is 0.395 e. The summed E-state index contributed by atoms with van der Waals surface area (Å²) in [5.74, 6) is 5.56. The summed E-state index contributed by atoms with van der Waals surface area (Å²) in [6.07, 6.45) is 0. The van der Waals surface area contributed by atoms with Gasteiger partial charge >= 0.3 is 10.2 Å². The third-order valence-electron chi connectivity index (χ3n) is 3.99. The predicted octanol–water partition coefficient (Wildman–Crippen LogP) is 5.25. The fraction of sp³-hybridized carbons (Fsp3) is 0.316. The van der Waals surface area contributed by atoms with Crippen molar-refractivity contribution in [3.8, 4) is 11.8 Å². The Bertz CT molecular complexity index is 887. The average Bonchev–Trinajstić information content (AvgIpc) is 2.59.